The van der Waals surface area contributed by atoms with Crippen LogP contribution in [0.4, 0.5) is 4.79 Å². The first-order valence-corrected chi connectivity index (χ1v) is 8.06. The van der Waals surface area contributed by atoms with Crippen LogP contribution in [0.1, 0.15) is 44.4 Å². The maximum absolute atomic E-state index is 12.3. The first-order chi connectivity index (χ1) is 9.69. The predicted octanol–water partition coefficient (Wildman–Crippen LogP) is 4.24. The zero-order valence-electron chi connectivity index (χ0n) is 12.5. The SMILES string of the molecule is CC(C)(C)OC(=O)N1CC[C@@H](N)c2ccc(Br)c(Cl)c2C1. The lowest BCUT2D eigenvalue weighted by molar-refractivity contribution is 0.0235. The molecule has 0 fully saturated rings. The van der Waals surface area contributed by atoms with Gasteiger partial charge in [0, 0.05) is 17.1 Å². The molecule has 2 rings (SSSR count). The highest BCUT2D eigenvalue weighted by atomic mass is 79.9. The van der Waals surface area contributed by atoms with Crippen LogP contribution in [-0.4, -0.2) is 23.1 Å². The van der Waals surface area contributed by atoms with E-state index in [0.29, 0.717) is 24.5 Å². The van der Waals surface area contributed by atoms with E-state index < -0.39 is 5.60 Å². The molecule has 4 nitrogen and oxygen atoms in total. The van der Waals surface area contributed by atoms with Gasteiger partial charge in [-0.15, -0.1) is 0 Å². The smallest absolute Gasteiger partial charge is 0.410 e. The quantitative estimate of drug-likeness (QED) is 0.738. The summed E-state index contributed by atoms with van der Waals surface area (Å²) in [5, 5.41) is 0.610. The average molecular weight is 376 g/mol. The van der Waals surface area contributed by atoms with Crippen LogP contribution in [0.15, 0.2) is 16.6 Å². The maximum atomic E-state index is 12.3. The van der Waals surface area contributed by atoms with Gasteiger partial charge in [-0.05, 0) is 60.3 Å². The predicted molar refractivity (Wildman–Crippen MR) is 87.3 cm³/mol. The Morgan fingerprint density at radius 3 is 2.76 bits per heavy atom. The van der Waals surface area contributed by atoms with Crippen LogP contribution in [-0.2, 0) is 11.3 Å². The zero-order chi connectivity index (χ0) is 15.8. The molecular weight excluding hydrogens is 356 g/mol. The van der Waals surface area contributed by atoms with Crippen LogP contribution in [0, 0.1) is 0 Å². The van der Waals surface area contributed by atoms with E-state index in [0.717, 1.165) is 15.6 Å². The standard InChI is InChI=1S/C15H20BrClN2O2/c1-15(2,3)21-14(20)19-7-6-12(18)9-4-5-11(16)13(17)10(9)8-19/h4-5,12H,6-8,18H2,1-3H3/t12-/m1/s1. The molecule has 0 bridgehead atoms. The van der Waals surface area contributed by atoms with Crippen LogP contribution in [0.2, 0.25) is 5.02 Å². The average Bonchev–Trinajstić information content (AvgIpc) is 2.52. The minimum Gasteiger partial charge on any atom is -0.444 e. The molecule has 1 atom stereocenters. The zero-order valence-corrected chi connectivity index (χ0v) is 14.8. The van der Waals surface area contributed by atoms with Crippen LogP contribution in [0.5, 0.6) is 0 Å². The second kappa shape index (κ2) is 6.15. The second-order valence-electron chi connectivity index (χ2n) is 6.23. The summed E-state index contributed by atoms with van der Waals surface area (Å²) in [5.41, 5.74) is 7.57. The number of halogens is 2. The van der Waals surface area contributed by atoms with Gasteiger partial charge in [0.05, 0.1) is 11.6 Å². The van der Waals surface area contributed by atoms with Crippen molar-refractivity contribution in [1.29, 1.82) is 0 Å². The molecule has 6 heteroatoms. The molecule has 21 heavy (non-hydrogen) atoms. The molecule has 0 aliphatic carbocycles. The van der Waals surface area contributed by atoms with Gasteiger partial charge in [0.1, 0.15) is 5.60 Å². The number of hydrogen-bond donors (Lipinski definition) is 1. The van der Waals surface area contributed by atoms with Crippen molar-refractivity contribution in [3.8, 4) is 0 Å². The van der Waals surface area contributed by atoms with Crippen molar-refractivity contribution >= 4 is 33.6 Å². The highest BCUT2D eigenvalue weighted by molar-refractivity contribution is 9.10. The summed E-state index contributed by atoms with van der Waals surface area (Å²) in [6, 6.07) is 3.73. The Labute approximate surface area is 138 Å². The van der Waals surface area contributed by atoms with Gasteiger partial charge in [0.15, 0.2) is 0 Å². The summed E-state index contributed by atoms with van der Waals surface area (Å²) in [4.78, 5) is 13.9. The van der Waals surface area contributed by atoms with Crippen molar-refractivity contribution < 1.29 is 9.53 Å². The molecule has 0 radical (unpaired) electrons. The summed E-state index contributed by atoms with van der Waals surface area (Å²) in [6.45, 7) is 6.53. The topological polar surface area (TPSA) is 55.6 Å². The summed E-state index contributed by atoms with van der Waals surface area (Å²) in [5.74, 6) is 0. The molecule has 0 unspecified atom stereocenters. The third-order valence-corrected chi connectivity index (χ3v) is 4.66. The summed E-state index contributed by atoms with van der Waals surface area (Å²) >= 11 is 9.79. The van der Waals surface area contributed by atoms with E-state index in [1.54, 1.807) is 4.90 Å². The molecular formula is C15H20BrClN2O2. The normalized spacial score (nSPS) is 19.0. The summed E-state index contributed by atoms with van der Waals surface area (Å²) < 4.78 is 6.25. The molecule has 0 aromatic heterocycles. The van der Waals surface area contributed by atoms with Crippen molar-refractivity contribution in [1.82, 2.24) is 4.90 Å². The minimum atomic E-state index is -0.518. The Kier molecular flexibility index (Phi) is 4.85. The molecule has 1 aromatic rings. The van der Waals surface area contributed by atoms with Crippen LogP contribution in [0.3, 0.4) is 0 Å². The number of hydrogen-bond acceptors (Lipinski definition) is 3. The number of ether oxygens (including phenoxy) is 1. The molecule has 116 valence electrons. The monoisotopic (exact) mass is 374 g/mol. The van der Waals surface area contributed by atoms with Gasteiger partial charge in [-0.2, -0.15) is 0 Å². The number of fused-ring (bicyclic) bond motifs is 1. The number of amides is 1. The number of benzene rings is 1. The number of carbonyl (C=O) groups excluding carboxylic acids is 1. The molecule has 0 saturated carbocycles. The fourth-order valence-electron chi connectivity index (χ4n) is 2.32. The third-order valence-electron chi connectivity index (χ3n) is 3.34. The second-order valence-corrected chi connectivity index (χ2v) is 7.46. The largest absolute Gasteiger partial charge is 0.444 e. The Hall–Kier alpha value is -0.780. The number of carbonyl (C=O) groups is 1. The van der Waals surface area contributed by atoms with E-state index >= 15 is 0 Å². The molecule has 0 spiro atoms. The molecule has 2 N–H and O–H groups in total. The van der Waals surface area contributed by atoms with Gasteiger partial charge >= 0.3 is 6.09 Å². The van der Waals surface area contributed by atoms with Crippen LogP contribution in [0.25, 0.3) is 0 Å². The van der Waals surface area contributed by atoms with Crippen molar-refractivity contribution in [2.45, 2.75) is 45.4 Å². The molecule has 0 saturated heterocycles. The highest BCUT2D eigenvalue weighted by Gasteiger charge is 2.28. The lowest BCUT2D eigenvalue weighted by atomic mass is 10.0. The fourth-order valence-corrected chi connectivity index (χ4v) is 2.92. The molecule has 1 aliphatic rings. The van der Waals surface area contributed by atoms with E-state index in [9.17, 15) is 4.79 Å². The Balaban J connectivity index is 2.30. The van der Waals surface area contributed by atoms with Crippen molar-refractivity contribution in [2.75, 3.05) is 6.54 Å². The van der Waals surface area contributed by atoms with E-state index in [2.05, 4.69) is 15.9 Å². The summed E-state index contributed by atoms with van der Waals surface area (Å²) in [6.07, 6.45) is 0.350. The number of rotatable bonds is 0. The van der Waals surface area contributed by atoms with Gasteiger partial charge in [-0.1, -0.05) is 17.7 Å². The maximum Gasteiger partial charge on any atom is 0.410 e. The van der Waals surface area contributed by atoms with Crippen molar-refractivity contribution in [3.63, 3.8) is 0 Å². The first kappa shape index (κ1) is 16.6. The van der Waals surface area contributed by atoms with Gasteiger partial charge in [-0.3, -0.25) is 0 Å². The Morgan fingerprint density at radius 2 is 2.14 bits per heavy atom. The molecule has 1 aliphatic heterocycles. The first-order valence-electron chi connectivity index (χ1n) is 6.89. The van der Waals surface area contributed by atoms with E-state index in [-0.39, 0.29) is 12.1 Å². The van der Waals surface area contributed by atoms with Crippen LogP contribution >= 0.6 is 27.5 Å². The highest BCUT2D eigenvalue weighted by Crippen LogP contribution is 2.35. The van der Waals surface area contributed by atoms with Crippen molar-refractivity contribution in [3.05, 3.63) is 32.8 Å². The fraction of sp³-hybridized carbons (Fsp3) is 0.533. The van der Waals surface area contributed by atoms with Crippen molar-refractivity contribution in [2.24, 2.45) is 5.73 Å². The summed E-state index contributed by atoms with van der Waals surface area (Å²) in [7, 11) is 0. The van der Waals surface area contributed by atoms with E-state index in [4.69, 9.17) is 22.1 Å². The van der Waals surface area contributed by atoms with Gasteiger partial charge in [0.25, 0.3) is 0 Å². The molecule has 1 aromatic carbocycles. The van der Waals surface area contributed by atoms with Crippen LogP contribution < -0.4 is 5.73 Å². The number of nitrogens with two attached hydrogens (primary N) is 1. The Morgan fingerprint density at radius 1 is 1.48 bits per heavy atom. The Bertz CT molecular complexity index is 557. The minimum absolute atomic E-state index is 0.127. The molecule has 1 heterocycles. The lowest BCUT2D eigenvalue weighted by Gasteiger charge is -2.26. The molecule has 1 amide bonds. The lowest BCUT2D eigenvalue weighted by Crippen LogP contribution is -2.36. The van der Waals surface area contributed by atoms with E-state index in [1.807, 2.05) is 32.9 Å². The van der Waals surface area contributed by atoms with E-state index in [1.165, 1.54) is 0 Å². The van der Waals surface area contributed by atoms with Gasteiger partial charge in [0.2, 0.25) is 0 Å². The van der Waals surface area contributed by atoms with Gasteiger partial charge in [-0.25, -0.2) is 4.79 Å². The third kappa shape index (κ3) is 3.90. The number of nitrogens with zero attached hydrogens (tertiary/aromatic N) is 1. The van der Waals surface area contributed by atoms with Gasteiger partial charge < -0.3 is 15.4 Å².